The van der Waals surface area contributed by atoms with E-state index in [-0.39, 0.29) is 17.9 Å². The minimum atomic E-state index is -0.445. The van der Waals surface area contributed by atoms with Crippen molar-refractivity contribution in [3.05, 3.63) is 24.2 Å². The number of carbonyl (C=O) groups excluding carboxylic acids is 1. The maximum absolute atomic E-state index is 11.7. The number of hydrogen-bond acceptors (Lipinski definition) is 3. The van der Waals surface area contributed by atoms with Crippen molar-refractivity contribution in [3.8, 4) is 0 Å². The molecule has 0 aliphatic rings. The molecule has 1 unspecified atom stereocenters. The van der Waals surface area contributed by atoms with Gasteiger partial charge in [0.1, 0.15) is 5.76 Å². The molecule has 1 aromatic rings. The normalized spacial score (nSPS) is 14.8. The standard InChI is InChI=1S/C12H20N2O2/c1-8(2)11(13)12(15)14-9(3)7-10-5-4-6-16-10/h4-6,8-9,11H,7,13H2,1-3H3,(H,14,15)/t9?,11-/m0/s1. The lowest BCUT2D eigenvalue weighted by molar-refractivity contribution is -0.123. The second-order valence-corrected chi connectivity index (χ2v) is 4.46. The van der Waals surface area contributed by atoms with Crippen molar-refractivity contribution in [1.82, 2.24) is 5.32 Å². The van der Waals surface area contributed by atoms with Crippen molar-refractivity contribution in [2.75, 3.05) is 0 Å². The van der Waals surface area contributed by atoms with E-state index < -0.39 is 6.04 Å². The molecule has 16 heavy (non-hydrogen) atoms. The van der Waals surface area contributed by atoms with Crippen molar-refractivity contribution < 1.29 is 9.21 Å². The van der Waals surface area contributed by atoms with Crippen molar-refractivity contribution in [2.45, 2.75) is 39.3 Å². The SMILES string of the molecule is CC(Cc1ccco1)NC(=O)[C@@H](N)C(C)C. The Morgan fingerprint density at radius 2 is 2.19 bits per heavy atom. The van der Waals surface area contributed by atoms with Crippen LogP contribution in [0.1, 0.15) is 26.5 Å². The monoisotopic (exact) mass is 224 g/mol. The Morgan fingerprint density at radius 3 is 2.69 bits per heavy atom. The number of hydrogen-bond donors (Lipinski definition) is 2. The van der Waals surface area contributed by atoms with E-state index in [4.69, 9.17) is 10.2 Å². The minimum absolute atomic E-state index is 0.0310. The lowest BCUT2D eigenvalue weighted by Crippen LogP contribution is -2.47. The lowest BCUT2D eigenvalue weighted by atomic mass is 10.0. The molecule has 3 N–H and O–H groups in total. The molecule has 1 aromatic heterocycles. The number of furan rings is 1. The van der Waals surface area contributed by atoms with Gasteiger partial charge in [-0.3, -0.25) is 4.79 Å². The zero-order valence-electron chi connectivity index (χ0n) is 10.1. The van der Waals surface area contributed by atoms with E-state index in [9.17, 15) is 4.79 Å². The van der Waals surface area contributed by atoms with E-state index in [1.54, 1.807) is 6.26 Å². The first-order valence-electron chi connectivity index (χ1n) is 5.59. The number of rotatable bonds is 5. The van der Waals surface area contributed by atoms with E-state index in [0.717, 1.165) is 5.76 Å². The molecule has 0 saturated heterocycles. The van der Waals surface area contributed by atoms with Gasteiger partial charge in [-0.25, -0.2) is 0 Å². The van der Waals surface area contributed by atoms with E-state index in [1.807, 2.05) is 32.9 Å². The van der Waals surface area contributed by atoms with Crippen molar-refractivity contribution in [2.24, 2.45) is 11.7 Å². The molecular weight excluding hydrogens is 204 g/mol. The summed E-state index contributed by atoms with van der Waals surface area (Å²) in [6, 6.07) is 3.32. The molecule has 1 amide bonds. The summed E-state index contributed by atoms with van der Waals surface area (Å²) in [7, 11) is 0. The number of amides is 1. The molecule has 0 aliphatic carbocycles. The number of nitrogens with one attached hydrogen (secondary N) is 1. The van der Waals surface area contributed by atoms with Crippen LogP contribution < -0.4 is 11.1 Å². The van der Waals surface area contributed by atoms with Crippen LogP contribution in [0.2, 0.25) is 0 Å². The average molecular weight is 224 g/mol. The predicted molar refractivity (Wildman–Crippen MR) is 62.8 cm³/mol. The summed E-state index contributed by atoms with van der Waals surface area (Å²) in [6.07, 6.45) is 2.31. The summed E-state index contributed by atoms with van der Waals surface area (Å²) in [5.74, 6) is 0.913. The topological polar surface area (TPSA) is 68.3 Å². The van der Waals surface area contributed by atoms with Crippen LogP contribution in [0.4, 0.5) is 0 Å². The van der Waals surface area contributed by atoms with Crippen LogP contribution in [-0.4, -0.2) is 18.0 Å². The van der Waals surface area contributed by atoms with Crippen LogP contribution in [0, 0.1) is 5.92 Å². The quantitative estimate of drug-likeness (QED) is 0.792. The molecule has 1 heterocycles. The average Bonchev–Trinajstić information content (AvgIpc) is 2.68. The van der Waals surface area contributed by atoms with Gasteiger partial charge in [0.05, 0.1) is 12.3 Å². The van der Waals surface area contributed by atoms with Crippen LogP contribution in [0.3, 0.4) is 0 Å². The van der Waals surface area contributed by atoms with Crippen LogP contribution in [-0.2, 0) is 11.2 Å². The molecular formula is C12H20N2O2. The van der Waals surface area contributed by atoms with Gasteiger partial charge in [0.15, 0.2) is 0 Å². The minimum Gasteiger partial charge on any atom is -0.469 e. The molecule has 0 aliphatic heterocycles. The second-order valence-electron chi connectivity index (χ2n) is 4.46. The maximum Gasteiger partial charge on any atom is 0.237 e. The van der Waals surface area contributed by atoms with Gasteiger partial charge in [0.2, 0.25) is 5.91 Å². The summed E-state index contributed by atoms with van der Waals surface area (Å²) in [4.78, 5) is 11.7. The molecule has 0 fully saturated rings. The Morgan fingerprint density at radius 1 is 1.50 bits per heavy atom. The third-order valence-electron chi connectivity index (χ3n) is 2.50. The summed E-state index contributed by atoms with van der Waals surface area (Å²) >= 11 is 0. The second kappa shape index (κ2) is 5.70. The van der Waals surface area contributed by atoms with E-state index in [2.05, 4.69) is 5.32 Å². The van der Waals surface area contributed by atoms with Crippen molar-refractivity contribution in [1.29, 1.82) is 0 Å². The maximum atomic E-state index is 11.7. The highest BCUT2D eigenvalue weighted by Gasteiger charge is 2.19. The smallest absolute Gasteiger partial charge is 0.237 e. The van der Waals surface area contributed by atoms with Gasteiger partial charge in [0, 0.05) is 12.5 Å². The largest absolute Gasteiger partial charge is 0.469 e. The van der Waals surface area contributed by atoms with Crippen LogP contribution >= 0.6 is 0 Å². The third-order valence-corrected chi connectivity index (χ3v) is 2.50. The van der Waals surface area contributed by atoms with Crippen LogP contribution in [0.15, 0.2) is 22.8 Å². The van der Waals surface area contributed by atoms with Gasteiger partial charge < -0.3 is 15.5 Å². The zero-order chi connectivity index (χ0) is 12.1. The molecule has 2 atom stereocenters. The molecule has 0 bridgehead atoms. The third kappa shape index (κ3) is 3.70. The Bertz CT molecular complexity index is 320. The van der Waals surface area contributed by atoms with Crippen molar-refractivity contribution in [3.63, 3.8) is 0 Å². The Labute approximate surface area is 96.2 Å². The first-order chi connectivity index (χ1) is 7.50. The van der Waals surface area contributed by atoms with Crippen molar-refractivity contribution >= 4 is 5.91 Å². The van der Waals surface area contributed by atoms with Crippen LogP contribution in [0.25, 0.3) is 0 Å². The predicted octanol–water partition coefficient (Wildman–Crippen LogP) is 1.31. The molecule has 4 heteroatoms. The Balaban J connectivity index is 2.39. The van der Waals surface area contributed by atoms with E-state index in [1.165, 1.54) is 0 Å². The molecule has 0 saturated carbocycles. The Hall–Kier alpha value is -1.29. The molecule has 1 rings (SSSR count). The van der Waals surface area contributed by atoms with Gasteiger partial charge in [-0.05, 0) is 25.0 Å². The fraction of sp³-hybridized carbons (Fsp3) is 0.583. The van der Waals surface area contributed by atoms with E-state index in [0.29, 0.717) is 6.42 Å². The first kappa shape index (κ1) is 12.8. The highest BCUT2D eigenvalue weighted by Crippen LogP contribution is 2.05. The van der Waals surface area contributed by atoms with Gasteiger partial charge in [0.25, 0.3) is 0 Å². The fourth-order valence-electron chi connectivity index (χ4n) is 1.42. The molecule has 0 radical (unpaired) electrons. The summed E-state index contributed by atoms with van der Waals surface area (Å²) in [6.45, 7) is 5.80. The number of carbonyl (C=O) groups is 1. The highest BCUT2D eigenvalue weighted by atomic mass is 16.3. The van der Waals surface area contributed by atoms with Gasteiger partial charge in [-0.1, -0.05) is 13.8 Å². The summed E-state index contributed by atoms with van der Waals surface area (Å²) in [5, 5.41) is 2.88. The first-order valence-corrected chi connectivity index (χ1v) is 5.59. The summed E-state index contributed by atoms with van der Waals surface area (Å²) < 4.78 is 5.21. The Kier molecular flexibility index (Phi) is 4.55. The molecule has 0 spiro atoms. The van der Waals surface area contributed by atoms with E-state index >= 15 is 0 Å². The molecule has 90 valence electrons. The zero-order valence-corrected chi connectivity index (χ0v) is 10.1. The van der Waals surface area contributed by atoms with Crippen LogP contribution in [0.5, 0.6) is 0 Å². The fourth-order valence-corrected chi connectivity index (χ4v) is 1.42. The highest BCUT2D eigenvalue weighted by molar-refractivity contribution is 5.81. The van der Waals surface area contributed by atoms with Gasteiger partial charge in [-0.2, -0.15) is 0 Å². The molecule has 4 nitrogen and oxygen atoms in total. The summed E-state index contributed by atoms with van der Waals surface area (Å²) in [5.41, 5.74) is 5.75. The van der Waals surface area contributed by atoms with Gasteiger partial charge >= 0.3 is 0 Å². The van der Waals surface area contributed by atoms with Gasteiger partial charge in [-0.15, -0.1) is 0 Å². The molecule has 0 aromatic carbocycles. The lowest BCUT2D eigenvalue weighted by Gasteiger charge is -2.19. The number of nitrogens with two attached hydrogens (primary N) is 1.